The summed E-state index contributed by atoms with van der Waals surface area (Å²) in [6, 6.07) is 8.72. The summed E-state index contributed by atoms with van der Waals surface area (Å²) in [4.78, 5) is 1.13. The molecule has 0 saturated carbocycles. The van der Waals surface area contributed by atoms with Crippen LogP contribution < -0.4 is 5.32 Å². The molecule has 0 bridgehead atoms. The Bertz CT molecular complexity index is 598. The molecule has 2 heterocycles. The van der Waals surface area contributed by atoms with E-state index in [9.17, 15) is 5.11 Å². The summed E-state index contributed by atoms with van der Waals surface area (Å²) in [6.45, 7) is 6.30. The van der Waals surface area contributed by atoms with Crippen molar-refractivity contribution in [3.8, 4) is 0 Å². The van der Waals surface area contributed by atoms with Crippen LogP contribution in [-0.4, -0.2) is 18.2 Å². The molecule has 0 spiro atoms. The molecule has 3 rings (SSSR count). The molecule has 0 radical (unpaired) electrons. The quantitative estimate of drug-likeness (QED) is 0.891. The highest BCUT2D eigenvalue weighted by Crippen LogP contribution is 2.46. The molecule has 1 aromatic heterocycles. The molecule has 2 aromatic rings. The maximum atomic E-state index is 10.9. The van der Waals surface area contributed by atoms with Crippen molar-refractivity contribution >= 4 is 21.4 Å². The van der Waals surface area contributed by atoms with Crippen LogP contribution in [0.2, 0.25) is 0 Å². The fraction of sp³-hybridized carbons (Fsp3) is 0.529. The molecule has 0 amide bonds. The normalized spacial score (nSPS) is 24.4. The smallest absolute Gasteiger partial charge is 0.0950 e. The maximum Gasteiger partial charge on any atom is 0.0950 e. The van der Waals surface area contributed by atoms with Crippen molar-refractivity contribution in [3.05, 3.63) is 34.7 Å². The van der Waals surface area contributed by atoms with Gasteiger partial charge < -0.3 is 10.4 Å². The Kier molecular flexibility index (Phi) is 3.85. The van der Waals surface area contributed by atoms with Gasteiger partial charge in [-0.3, -0.25) is 0 Å². The van der Waals surface area contributed by atoms with Gasteiger partial charge in [-0.05, 0) is 43.8 Å². The third-order valence-corrected chi connectivity index (χ3v) is 5.73. The van der Waals surface area contributed by atoms with E-state index in [0.29, 0.717) is 0 Å². The second kappa shape index (κ2) is 5.47. The monoisotopic (exact) mass is 289 g/mol. The number of rotatable bonds is 4. The molecule has 2 atom stereocenters. The third-order valence-electron chi connectivity index (χ3n) is 4.57. The number of thiophene rings is 1. The Morgan fingerprint density at radius 2 is 2.25 bits per heavy atom. The lowest BCUT2D eigenvalue weighted by Gasteiger charge is -2.32. The molecule has 2 nitrogen and oxygen atoms in total. The van der Waals surface area contributed by atoms with E-state index in [1.54, 1.807) is 11.3 Å². The number of hydrogen-bond acceptors (Lipinski definition) is 3. The van der Waals surface area contributed by atoms with E-state index >= 15 is 0 Å². The molecule has 1 aromatic carbocycles. The Balaban J connectivity index is 1.96. The average Bonchev–Trinajstić information content (AvgIpc) is 3.05. The molecule has 1 aliphatic heterocycles. The van der Waals surface area contributed by atoms with Gasteiger partial charge in [-0.2, -0.15) is 0 Å². The molecule has 3 heteroatoms. The lowest BCUT2D eigenvalue weighted by atomic mass is 9.76. The molecule has 0 aliphatic carbocycles. The van der Waals surface area contributed by atoms with Gasteiger partial charge in [0.2, 0.25) is 0 Å². The van der Waals surface area contributed by atoms with Crippen molar-refractivity contribution in [2.75, 3.05) is 13.1 Å². The first-order valence-electron chi connectivity index (χ1n) is 7.53. The van der Waals surface area contributed by atoms with Gasteiger partial charge in [0, 0.05) is 21.5 Å². The molecule has 1 aliphatic rings. The van der Waals surface area contributed by atoms with E-state index in [2.05, 4.69) is 43.4 Å². The molecule has 2 N–H and O–H groups in total. The summed E-state index contributed by atoms with van der Waals surface area (Å²) in [7, 11) is 0. The molecule has 108 valence electrons. The van der Waals surface area contributed by atoms with Crippen LogP contribution in [0.25, 0.3) is 10.1 Å². The maximum absolute atomic E-state index is 10.9. The summed E-state index contributed by atoms with van der Waals surface area (Å²) in [5, 5.41) is 15.6. The molecule has 20 heavy (non-hydrogen) atoms. The summed E-state index contributed by atoms with van der Waals surface area (Å²) >= 11 is 1.75. The SMILES string of the molecule is CCCC1(C(O)c2cc3cc(C)ccc3s2)CCNC1. The predicted octanol–water partition coefficient (Wildman–Crippen LogP) is 4.02. The number of fused-ring (bicyclic) bond motifs is 1. The van der Waals surface area contributed by atoms with E-state index in [4.69, 9.17) is 0 Å². The summed E-state index contributed by atoms with van der Waals surface area (Å²) in [5.41, 5.74) is 1.31. The first-order chi connectivity index (χ1) is 9.64. The van der Waals surface area contributed by atoms with Gasteiger partial charge in [0.25, 0.3) is 0 Å². The highest BCUT2D eigenvalue weighted by molar-refractivity contribution is 7.19. The van der Waals surface area contributed by atoms with Gasteiger partial charge in [-0.25, -0.2) is 0 Å². The van der Waals surface area contributed by atoms with Crippen molar-refractivity contribution in [1.82, 2.24) is 5.32 Å². The molecule has 1 fully saturated rings. The molecular weight excluding hydrogens is 266 g/mol. The van der Waals surface area contributed by atoms with Crippen LogP contribution in [0.4, 0.5) is 0 Å². The van der Waals surface area contributed by atoms with Gasteiger partial charge in [0.1, 0.15) is 0 Å². The van der Waals surface area contributed by atoms with Gasteiger partial charge >= 0.3 is 0 Å². The van der Waals surface area contributed by atoms with Gasteiger partial charge in [0.15, 0.2) is 0 Å². The fourth-order valence-corrected chi connectivity index (χ4v) is 4.64. The minimum absolute atomic E-state index is 0.0324. The van der Waals surface area contributed by atoms with Gasteiger partial charge in [-0.1, -0.05) is 31.0 Å². The second-order valence-corrected chi connectivity index (χ2v) is 7.25. The van der Waals surface area contributed by atoms with E-state index in [1.807, 2.05) is 0 Å². The summed E-state index contributed by atoms with van der Waals surface area (Å²) in [5.74, 6) is 0. The van der Waals surface area contributed by atoms with Crippen molar-refractivity contribution in [3.63, 3.8) is 0 Å². The van der Waals surface area contributed by atoms with Gasteiger partial charge in [-0.15, -0.1) is 11.3 Å². The Labute approximate surface area is 124 Å². The average molecular weight is 289 g/mol. The Hall–Kier alpha value is -0.900. The van der Waals surface area contributed by atoms with Crippen LogP contribution >= 0.6 is 11.3 Å². The lowest BCUT2D eigenvalue weighted by Crippen LogP contribution is -2.31. The predicted molar refractivity (Wildman–Crippen MR) is 86.3 cm³/mol. The zero-order valence-electron chi connectivity index (χ0n) is 12.3. The number of nitrogens with one attached hydrogen (secondary N) is 1. The topological polar surface area (TPSA) is 32.3 Å². The molecule has 2 unspecified atom stereocenters. The Morgan fingerprint density at radius 1 is 1.40 bits per heavy atom. The highest BCUT2D eigenvalue weighted by Gasteiger charge is 2.41. The summed E-state index contributed by atoms with van der Waals surface area (Å²) < 4.78 is 1.28. The van der Waals surface area contributed by atoms with Crippen molar-refractivity contribution < 1.29 is 5.11 Å². The Morgan fingerprint density at radius 3 is 2.95 bits per heavy atom. The van der Waals surface area contributed by atoms with Crippen LogP contribution in [-0.2, 0) is 0 Å². The van der Waals surface area contributed by atoms with E-state index in [0.717, 1.165) is 37.2 Å². The van der Waals surface area contributed by atoms with E-state index < -0.39 is 0 Å². The zero-order valence-corrected chi connectivity index (χ0v) is 13.1. The van der Waals surface area contributed by atoms with Crippen molar-refractivity contribution in [2.24, 2.45) is 5.41 Å². The van der Waals surface area contributed by atoms with Crippen molar-refractivity contribution in [1.29, 1.82) is 0 Å². The molecule has 1 saturated heterocycles. The van der Waals surface area contributed by atoms with Crippen LogP contribution in [0.3, 0.4) is 0 Å². The minimum atomic E-state index is -0.338. The molecular formula is C17H23NOS. The number of aliphatic hydroxyl groups is 1. The fourth-order valence-electron chi connectivity index (χ4n) is 3.46. The minimum Gasteiger partial charge on any atom is -0.387 e. The number of aliphatic hydroxyl groups excluding tert-OH is 1. The lowest BCUT2D eigenvalue weighted by molar-refractivity contribution is 0.0324. The van der Waals surface area contributed by atoms with Crippen molar-refractivity contribution in [2.45, 2.75) is 39.2 Å². The van der Waals surface area contributed by atoms with E-state index in [-0.39, 0.29) is 11.5 Å². The number of aryl methyl sites for hydroxylation is 1. The van der Waals surface area contributed by atoms with Gasteiger partial charge in [0.05, 0.1) is 6.10 Å². The van der Waals surface area contributed by atoms with Crippen LogP contribution in [0, 0.1) is 12.3 Å². The van der Waals surface area contributed by atoms with E-state index in [1.165, 1.54) is 15.6 Å². The largest absolute Gasteiger partial charge is 0.387 e. The second-order valence-electron chi connectivity index (χ2n) is 6.13. The highest BCUT2D eigenvalue weighted by atomic mass is 32.1. The first kappa shape index (κ1) is 14.1. The number of benzene rings is 1. The third kappa shape index (κ3) is 2.39. The summed E-state index contributed by atoms with van der Waals surface area (Å²) in [6.07, 6.45) is 2.96. The standard InChI is InChI=1S/C17H23NOS/c1-3-6-17(7-8-18-11-17)16(19)15-10-13-9-12(2)4-5-14(13)20-15/h4-5,9-10,16,18-19H,3,6-8,11H2,1-2H3. The first-order valence-corrected chi connectivity index (χ1v) is 8.35. The number of hydrogen-bond donors (Lipinski definition) is 2. The van der Waals surface area contributed by atoms with Crippen LogP contribution in [0.1, 0.15) is 42.7 Å². The van der Waals surface area contributed by atoms with Crippen LogP contribution in [0.15, 0.2) is 24.3 Å². The zero-order chi connectivity index (χ0) is 14.2. The van der Waals surface area contributed by atoms with Crippen LogP contribution in [0.5, 0.6) is 0 Å².